The average molecular weight is 376 g/mol. The van der Waals surface area contributed by atoms with Gasteiger partial charge in [-0.1, -0.05) is 26.7 Å². The summed E-state index contributed by atoms with van der Waals surface area (Å²) in [4.78, 5) is 0. The highest BCUT2D eigenvalue weighted by Gasteiger charge is 2.38. The Kier molecular flexibility index (Phi) is 5.48. The van der Waals surface area contributed by atoms with E-state index < -0.39 is 0 Å². The average Bonchev–Trinajstić information content (AvgIpc) is 2.45. The summed E-state index contributed by atoms with van der Waals surface area (Å²) < 4.78 is 11.8. The van der Waals surface area contributed by atoms with Crippen molar-refractivity contribution in [3.8, 4) is 11.5 Å². The van der Waals surface area contributed by atoms with Gasteiger partial charge in [0.25, 0.3) is 0 Å². The first-order valence-electron chi connectivity index (χ1n) is 7.46. The van der Waals surface area contributed by atoms with E-state index in [9.17, 15) is 0 Å². The normalized spacial score (nSPS) is 22.7. The predicted molar refractivity (Wildman–Crippen MR) is 91.6 cm³/mol. The van der Waals surface area contributed by atoms with E-state index in [1.165, 1.54) is 25.7 Å². The number of rotatable bonds is 4. The van der Waals surface area contributed by atoms with Crippen LogP contribution in [0.25, 0.3) is 0 Å². The Morgan fingerprint density at radius 1 is 1.19 bits per heavy atom. The summed E-state index contributed by atoms with van der Waals surface area (Å²) in [6.45, 7) is 4.66. The molecular weight excluding hydrogens is 352 g/mol. The smallest absolute Gasteiger partial charge is 0.133 e. The predicted octanol–water partition coefficient (Wildman–Crippen LogP) is 5.96. The lowest BCUT2D eigenvalue weighted by molar-refractivity contribution is 0.132. The van der Waals surface area contributed by atoms with E-state index in [1.807, 2.05) is 12.1 Å². The summed E-state index contributed by atoms with van der Waals surface area (Å²) in [6.07, 6.45) is 4.96. The van der Waals surface area contributed by atoms with E-state index in [0.29, 0.717) is 5.92 Å². The topological polar surface area (TPSA) is 18.5 Å². The highest BCUT2D eigenvalue weighted by atomic mass is 79.9. The van der Waals surface area contributed by atoms with E-state index in [4.69, 9.17) is 21.1 Å². The van der Waals surface area contributed by atoms with E-state index >= 15 is 0 Å². The molecule has 21 heavy (non-hydrogen) atoms. The fourth-order valence-electron chi connectivity index (χ4n) is 3.38. The molecule has 4 heteroatoms. The van der Waals surface area contributed by atoms with Crippen molar-refractivity contribution in [1.82, 2.24) is 0 Å². The molecule has 0 bridgehead atoms. The van der Waals surface area contributed by atoms with Crippen LogP contribution in [0.5, 0.6) is 11.5 Å². The molecule has 1 aromatic carbocycles. The summed E-state index contributed by atoms with van der Waals surface area (Å²) in [7, 11) is 3.36. The molecule has 0 heterocycles. The number of hydrogen-bond donors (Lipinski definition) is 0. The van der Waals surface area contributed by atoms with Crippen LogP contribution in [-0.2, 0) is 0 Å². The Balaban J connectivity index is 2.39. The van der Waals surface area contributed by atoms with Crippen molar-refractivity contribution in [1.29, 1.82) is 0 Å². The Morgan fingerprint density at radius 3 is 2.43 bits per heavy atom. The van der Waals surface area contributed by atoms with Crippen molar-refractivity contribution in [3.05, 3.63) is 22.2 Å². The molecule has 0 saturated heterocycles. The molecule has 1 saturated carbocycles. The van der Waals surface area contributed by atoms with Crippen molar-refractivity contribution < 1.29 is 9.47 Å². The molecule has 2 rings (SSSR count). The van der Waals surface area contributed by atoms with Gasteiger partial charge in [0.15, 0.2) is 0 Å². The van der Waals surface area contributed by atoms with Gasteiger partial charge in [0, 0.05) is 5.56 Å². The maximum absolute atomic E-state index is 6.88. The summed E-state index contributed by atoms with van der Waals surface area (Å²) in [5.41, 5.74) is 1.29. The first kappa shape index (κ1) is 17.0. The van der Waals surface area contributed by atoms with Crippen molar-refractivity contribution in [3.63, 3.8) is 0 Å². The van der Waals surface area contributed by atoms with Crippen molar-refractivity contribution >= 4 is 27.5 Å². The molecule has 0 amide bonds. The summed E-state index contributed by atoms with van der Waals surface area (Å²) in [5.74, 6) is 2.07. The molecule has 0 spiro atoms. The van der Waals surface area contributed by atoms with Crippen molar-refractivity contribution in [2.45, 2.75) is 44.9 Å². The fraction of sp³-hybridized carbons (Fsp3) is 0.647. The summed E-state index contributed by atoms with van der Waals surface area (Å²) in [6, 6.07) is 3.95. The molecule has 0 aliphatic heterocycles. The Hall–Kier alpha value is -0.410. The van der Waals surface area contributed by atoms with Gasteiger partial charge >= 0.3 is 0 Å². The highest BCUT2D eigenvalue weighted by molar-refractivity contribution is 9.10. The van der Waals surface area contributed by atoms with Crippen LogP contribution in [0, 0.1) is 11.3 Å². The Labute approximate surface area is 141 Å². The molecule has 1 aliphatic carbocycles. The van der Waals surface area contributed by atoms with Crippen LogP contribution in [0.2, 0.25) is 0 Å². The summed E-state index contributed by atoms with van der Waals surface area (Å²) in [5, 5.41) is -0.0581. The maximum Gasteiger partial charge on any atom is 0.133 e. The molecule has 0 N–H and O–H groups in total. The molecule has 0 radical (unpaired) electrons. The first-order chi connectivity index (χ1) is 9.90. The lowest BCUT2D eigenvalue weighted by atomic mass is 9.66. The lowest BCUT2D eigenvalue weighted by Crippen LogP contribution is -2.31. The van der Waals surface area contributed by atoms with E-state index in [-0.39, 0.29) is 10.8 Å². The number of alkyl halides is 1. The van der Waals surface area contributed by atoms with E-state index in [0.717, 1.165) is 21.5 Å². The minimum Gasteiger partial charge on any atom is -0.496 e. The summed E-state index contributed by atoms with van der Waals surface area (Å²) >= 11 is 10.4. The van der Waals surface area contributed by atoms with Gasteiger partial charge in [-0.15, -0.1) is 11.6 Å². The van der Waals surface area contributed by atoms with Gasteiger partial charge in [0.05, 0.1) is 24.1 Å². The third-order valence-corrected chi connectivity index (χ3v) is 5.90. The quantitative estimate of drug-likeness (QED) is 0.604. The minimum atomic E-state index is -0.0581. The SMILES string of the molecule is COc1cc(C(Cl)C2CCCCC2(C)C)c(OC)cc1Br. The van der Waals surface area contributed by atoms with Crippen LogP contribution < -0.4 is 9.47 Å². The first-order valence-corrected chi connectivity index (χ1v) is 8.69. The molecule has 2 unspecified atom stereocenters. The van der Waals surface area contributed by atoms with Crippen molar-refractivity contribution in [2.75, 3.05) is 14.2 Å². The lowest BCUT2D eigenvalue weighted by Gasteiger charge is -2.41. The van der Waals surface area contributed by atoms with Gasteiger partial charge in [-0.2, -0.15) is 0 Å². The fourth-order valence-corrected chi connectivity index (χ4v) is 4.50. The van der Waals surface area contributed by atoms with E-state index in [2.05, 4.69) is 29.8 Å². The van der Waals surface area contributed by atoms with Crippen LogP contribution in [0.15, 0.2) is 16.6 Å². The second-order valence-corrected chi connectivity index (χ2v) is 7.80. The Bertz CT molecular complexity index is 502. The molecular formula is C17H24BrClO2. The highest BCUT2D eigenvalue weighted by Crippen LogP contribution is 2.51. The number of halogens is 2. The van der Waals surface area contributed by atoms with Gasteiger partial charge in [0.1, 0.15) is 11.5 Å². The van der Waals surface area contributed by atoms with Crippen LogP contribution in [0.4, 0.5) is 0 Å². The second kappa shape index (κ2) is 6.78. The zero-order valence-electron chi connectivity index (χ0n) is 13.2. The zero-order valence-corrected chi connectivity index (χ0v) is 15.6. The second-order valence-electron chi connectivity index (χ2n) is 6.47. The Morgan fingerprint density at radius 2 is 1.86 bits per heavy atom. The molecule has 118 valence electrons. The molecule has 2 atom stereocenters. The van der Waals surface area contributed by atoms with Gasteiger partial charge in [-0.3, -0.25) is 0 Å². The third kappa shape index (κ3) is 3.50. The number of hydrogen-bond acceptors (Lipinski definition) is 2. The molecule has 2 nitrogen and oxygen atoms in total. The van der Waals surface area contributed by atoms with Gasteiger partial charge in [-0.05, 0) is 52.2 Å². The number of benzene rings is 1. The molecule has 1 aromatic rings. The van der Waals surface area contributed by atoms with Crippen LogP contribution in [0.3, 0.4) is 0 Å². The van der Waals surface area contributed by atoms with Crippen LogP contribution >= 0.6 is 27.5 Å². The maximum atomic E-state index is 6.88. The van der Waals surface area contributed by atoms with Gasteiger partial charge < -0.3 is 9.47 Å². The molecule has 1 fully saturated rings. The number of methoxy groups -OCH3 is 2. The molecule has 0 aromatic heterocycles. The van der Waals surface area contributed by atoms with Crippen LogP contribution in [-0.4, -0.2) is 14.2 Å². The van der Waals surface area contributed by atoms with Crippen LogP contribution in [0.1, 0.15) is 50.5 Å². The largest absolute Gasteiger partial charge is 0.496 e. The molecule has 1 aliphatic rings. The standard InChI is InChI=1S/C17H24BrClO2/c1-17(2)8-6-5-7-12(17)16(19)11-9-15(21-4)13(18)10-14(11)20-3/h9-10,12,16H,5-8H2,1-4H3. The minimum absolute atomic E-state index is 0.0581. The number of ether oxygens (including phenoxy) is 2. The zero-order chi connectivity index (χ0) is 15.6. The van der Waals surface area contributed by atoms with Gasteiger partial charge in [0.2, 0.25) is 0 Å². The van der Waals surface area contributed by atoms with Gasteiger partial charge in [-0.25, -0.2) is 0 Å². The van der Waals surface area contributed by atoms with E-state index in [1.54, 1.807) is 14.2 Å². The van der Waals surface area contributed by atoms with Crippen molar-refractivity contribution in [2.24, 2.45) is 11.3 Å². The monoisotopic (exact) mass is 374 g/mol. The third-order valence-electron chi connectivity index (χ3n) is 4.74.